The highest BCUT2D eigenvalue weighted by atomic mass is 16.5. The van der Waals surface area contributed by atoms with E-state index in [0.29, 0.717) is 6.61 Å². The summed E-state index contributed by atoms with van der Waals surface area (Å²) in [5.41, 5.74) is 7.76. The predicted octanol–water partition coefficient (Wildman–Crippen LogP) is 2.78. The van der Waals surface area contributed by atoms with Crippen LogP contribution in [0.1, 0.15) is 38.7 Å². The number of hydrogen-bond acceptors (Lipinski definition) is 4. The van der Waals surface area contributed by atoms with Crippen LogP contribution in [0.15, 0.2) is 18.2 Å². The Morgan fingerprint density at radius 2 is 2.08 bits per heavy atom. The lowest BCUT2D eigenvalue weighted by molar-refractivity contribution is -0.118. The number of benzene rings is 1. The van der Waals surface area contributed by atoms with Gasteiger partial charge in [0.2, 0.25) is 5.91 Å². The average molecular weight is 333 g/mol. The monoisotopic (exact) mass is 333 g/mol. The number of nitrogens with zero attached hydrogens (tertiary/aromatic N) is 1. The average Bonchev–Trinajstić information content (AvgIpc) is 3.08. The first-order chi connectivity index (χ1) is 11.5. The summed E-state index contributed by atoms with van der Waals surface area (Å²) in [6, 6.07) is 5.25. The van der Waals surface area contributed by atoms with E-state index >= 15 is 0 Å². The Labute approximate surface area is 145 Å². The number of carbonyl (C=O) groups is 1. The van der Waals surface area contributed by atoms with Crippen LogP contribution >= 0.6 is 0 Å². The number of carbonyl (C=O) groups excluding carboxylic acids is 1. The van der Waals surface area contributed by atoms with E-state index in [4.69, 9.17) is 10.5 Å². The minimum Gasteiger partial charge on any atom is -0.492 e. The molecule has 1 aromatic carbocycles. The molecule has 134 valence electrons. The van der Waals surface area contributed by atoms with Gasteiger partial charge in [-0.15, -0.1) is 0 Å². The second-order valence-electron chi connectivity index (χ2n) is 6.78. The fraction of sp³-hybridized carbons (Fsp3) is 0.632. The summed E-state index contributed by atoms with van der Waals surface area (Å²) in [6.07, 6.45) is 3.48. The Balaban J connectivity index is 1.85. The first kappa shape index (κ1) is 18.7. The molecule has 5 heteroatoms. The standard InChI is InChI=1S/C19H31N3O2/c1-4-14(2)18(20)19(23)21-16-7-8-17(15(3)13-16)24-12-11-22-9-5-6-10-22/h7-8,13-14,18H,4-6,9-12,20H2,1-3H3,(H,21,23). The van der Waals surface area contributed by atoms with Crippen molar-refractivity contribution in [2.75, 3.05) is 31.6 Å². The molecule has 2 rings (SSSR count). The predicted molar refractivity (Wildman–Crippen MR) is 98.4 cm³/mol. The lowest BCUT2D eigenvalue weighted by Crippen LogP contribution is -2.40. The number of hydrogen-bond donors (Lipinski definition) is 2. The maximum atomic E-state index is 12.2. The van der Waals surface area contributed by atoms with Gasteiger partial charge >= 0.3 is 0 Å². The summed E-state index contributed by atoms with van der Waals surface area (Å²) in [7, 11) is 0. The summed E-state index contributed by atoms with van der Waals surface area (Å²) in [5, 5.41) is 2.90. The van der Waals surface area contributed by atoms with E-state index in [1.165, 1.54) is 25.9 Å². The molecule has 0 saturated carbocycles. The van der Waals surface area contributed by atoms with Crippen molar-refractivity contribution in [3.63, 3.8) is 0 Å². The third kappa shape index (κ3) is 5.21. The van der Waals surface area contributed by atoms with Crippen molar-refractivity contribution in [1.82, 2.24) is 4.90 Å². The molecule has 1 amide bonds. The minimum absolute atomic E-state index is 0.133. The van der Waals surface area contributed by atoms with Gasteiger partial charge in [-0.3, -0.25) is 9.69 Å². The number of likely N-dealkylation sites (tertiary alicyclic amines) is 1. The van der Waals surface area contributed by atoms with Gasteiger partial charge in [-0.25, -0.2) is 0 Å². The molecule has 1 aliphatic rings. The van der Waals surface area contributed by atoms with E-state index in [1.807, 2.05) is 39.0 Å². The van der Waals surface area contributed by atoms with Gasteiger partial charge in [0.05, 0.1) is 6.04 Å². The number of aryl methyl sites for hydroxylation is 1. The van der Waals surface area contributed by atoms with Gasteiger partial charge in [0.15, 0.2) is 0 Å². The molecule has 0 spiro atoms. The highest BCUT2D eigenvalue weighted by Gasteiger charge is 2.19. The maximum Gasteiger partial charge on any atom is 0.241 e. The number of rotatable bonds is 8. The van der Waals surface area contributed by atoms with Crippen LogP contribution in [0.3, 0.4) is 0 Å². The molecule has 0 aliphatic carbocycles. The Morgan fingerprint density at radius 1 is 1.38 bits per heavy atom. The van der Waals surface area contributed by atoms with E-state index in [9.17, 15) is 4.79 Å². The molecule has 1 heterocycles. The molecule has 24 heavy (non-hydrogen) atoms. The molecule has 0 aromatic heterocycles. The van der Waals surface area contributed by atoms with Crippen molar-refractivity contribution in [3.8, 4) is 5.75 Å². The van der Waals surface area contributed by atoms with Gasteiger partial charge in [0.25, 0.3) is 0 Å². The highest BCUT2D eigenvalue weighted by Crippen LogP contribution is 2.22. The Hall–Kier alpha value is -1.59. The molecule has 0 bridgehead atoms. The topological polar surface area (TPSA) is 67.6 Å². The van der Waals surface area contributed by atoms with E-state index in [-0.39, 0.29) is 11.8 Å². The van der Waals surface area contributed by atoms with E-state index in [2.05, 4.69) is 10.2 Å². The number of amides is 1. The van der Waals surface area contributed by atoms with Crippen molar-refractivity contribution in [1.29, 1.82) is 0 Å². The fourth-order valence-corrected chi connectivity index (χ4v) is 2.92. The van der Waals surface area contributed by atoms with E-state index in [1.54, 1.807) is 0 Å². The second kappa shape index (κ2) is 9.04. The lowest BCUT2D eigenvalue weighted by atomic mass is 9.99. The summed E-state index contributed by atoms with van der Waals surface area (Å²) in [5.74, 6) is 0.907. The van der Waals surface area contributed by atoms with Gasteiger partial charge in [-0.2, -0.15) is 0 Å². The summed E-state index contributed by atoms with van der Waals surface area (Å²) >= 11 is 0. The van der Waals surface area contributed by atoms with Crippen LogP contribution in [-0.4, -0.2) is 43.1 Å². The zero-order chi connectivity index (χ0) is 17.5. The van der Waals surface area contributed by atoms with Crippen LogP contribution in [0.4, 0.5) is 5.69 Å². The lowest BCUT2D eigenvalue weighted by Gasteiger charge is -2.19. The van der Waals surface area contributed by atoms with Crippen molar-refractivity contribution >= 4 is 11.6 Å². The second-order valence-corrected chi connectivity index (χ2v) is 6.78. The van der Waals surface area contributed by atoms with Crippen LogP contribution in [0.5, 0.6) is 5.75 Å². The molecular weight excluding hydrogens is 302 g/mol. The molecule has 2 atom stereocenters. The van der Waals surface area contributed by atoms with Crippen LogP contribution in [0, 0.1) is 12.8 Å². The molecule has 1 aliphatic heterocycles. The zero-order valence-electron chi connectivity index (χ0n) is 15.2. The van der Waals surface area contributed by atoms with Crippen LogP contribution in [-0.2, 0) is 4.79 Å². The molecule has 1 saturated heterocycles. The molecule has 2 unspecified atom stereocenters. The maximum absolute atomic E-state index is 12.2. The SMILES string of the molecule is CCC(C)C(N)C(=O)Nc1ccc(OCCN2CCCC2)c(C)c1. The normalized spacial score (nSPS) is 17.5. The first-order valence-corrected chi connectivity index (χ1v) is 9.03. The van der Waals surface area contributed by atoms with Crippen LogP contribution in [0.2, 0.25) is 0 Å². The van der Waals surface area contributed by atoms with Crippen LogP contribution < -0.4 is 15.8 Å². The Kier molecular flexibility index (Phi) is 7.06. The van der Waals surface area contributed by atoms with Crippen molar-refractivity contribution in [2.24, 2.45) is 11.7 Å². The molecule has 1 fully saturated rings. The number of ether oxygens (including phenoxy) is 1. The van der Waals surface area contributed by atoms with E-state index < -0.39 is 6.04 Å². The smallest absolute Gasteiger partial charge is 0.241 e. The molecule has 3 N–H and O–H groups in total. The zero-order valence-corrected chi connectivity index (χ0v) is 15.2. The number of anilines is 1. The molecule has 0 radical (unpaired) electrons. The third-order valence-corrected chi connectivity index (χ3v) is 4.87. The summed E-state index contributed by atoms with van der Waals surface area (Å²) in [6.45, 7) is 10.1. The molecule has 1 aromatic rings. The third-order valence-electron chi connectivity index (χ3n) is 4.87. The van der Waals surface area contributed by atoms with Gasteiger partial charge in [0, 0.05) is 12.2 Å². The van der Waals surface area contributed by atoms with Gasteiger partial charge in [-0.1, -0.05) is 20.3 Å². The fourth-order valence-electron chi connectivity index (χ4n) is 2.92. The van der Waals surface area contributed by atoms with Crippen molar-refractivity contribution in [2.45, 2.75) is 46.1 Å². The van der Waals surface area contributed by atoms with Gasteiger partial charge < -0.3 is 15.8 Å². The first-order valence-electron chi connectivity index (χ1n) is 9.03. The Morgan fingerprint density at radius 3 is 2.71 bits per heavy atom. The molecular formula is C19H31N3O2. The summed E-state index contributed by atoms with van der Waals surface area (Å²) < 4.78 is 5.88. The quantitative estimate of drug-likeness (QED) is 0.768. The van der Waals surface area contributed by atoms with Crippen LogP contribution in [0.25, 0.3) is 0 Å². The van der Waals surface area contributed by atoms with Crippen molar-refractivity contribution in [3.05, 3.63) is 23.8 Å². The van der Waals surface area contributed by atoms with Gasteiger partial charge in [0.1, 0.15) is 12.4 Å². The Bertz CT molecular complexity index is 541. The number of nitrogens with two attached hydrogens (primary N) is 1. The molecule has 5 nitrogen and oxygen atoms in total. The summed E-state index contributed by atoms with van der Waals surface area (Å²) in [4.78, 5) is 14.6. The largest absolute Gasteiger partial charge is 0.492 e. The highest BCUT2D eigenvalue weighted by molar-refractivity contribution is 5.95. The van der Waals surface area contributed by atoms with E-state index in [0.717, 1.165) is 30.0 Å². The number of nitrogens with one attached hydrogen (secondary N) is 1. The van der Waals surface area contributed by atoms with Crippen molar-refractivity contribution < 1.29 is 9.53 Å². The minimum atomic E-state index is -0.480. The van der Waals surface area contributed by atoms with Gasteiger partial charge in [-0.05, 0) is 62.5 Å².